The number of aliphatic hydroxyl groups is 11. The predicted molar refractivity (Wildman–Crippen MR) is 383 cm³/mol. The van der Waals surface area contributed by atoms with Crippen molar-refractivity contribution in [2.24, 2.45) is 0 Å². The Morgan fingerprint density at radius 2 is 0.722 bits per heavy atom. The van der Waals surface area contributed by atoms with Gasteiger partial charge in [0.1, 0.15) is 73.2 Å². The number of allylic oxidation sites excluding steroid dienone is 19. The van der Waals surface area contributed by atoms with Crippen molar-refractivity contribution >= 4 is 5.91 Å². The van der Waals surface area contributed by atoms with Crippen LogP contribution in [-0.4, -0.2) is 193 Å². The number of rotatable bonds is 56. The van der Waals surface area contributed by atoms with Gasteiger partial charge in [-0.25, -0.2) is 0 Å². The van der Waals surface area contributed by atoms with Crippen LogP contribution in [0.25, 0.3) is 0 Å². The quantitative estimate of drug-likeness (QED) is 0.0199. The molecule has 3 heterocycles. The van der Waals surface area contributed by atoms with Crippen LogP contribution in [0.3, 0.4) is 0 Å². The van der Waals surface area contributed by atoms with E-state index in [1.807, 2.05) is 6.08 Å². The summed E-state index contributed by atoms with van der Waals surface area (Å²) in [5.74, 6) is -0.301. The number of ether oxygens (including phenoxy) is 6. The molecule has 0 saturated carbocycles. The fourth-order valence-corrected chi connectivity index (χ4v) is 11.7. The molecule has 0 spiro atoms. The summed E-state index contributed by atoms with van der Waals surface area (Å²) in [5.41, 5.74) is 0. The minimum atomic E-state index is -1.99. The van der Waals surface area contributed by atoms with Crippen LogP contribution < -0.4 is 5.32 Å². The van der Waals surface area contributed by atoms with E-state index in [0.29, 0.717) is 12.8 Å². The highest BCUT2D eigenvalue weighted by Gasteiger charge is 2.53. The van der Waals surface area contributed by atoms with Crippen LogP contribution in [-0.2, 0) is 33.2 Å². The Hall–Kier alpha value is -3.81. The molecule has 0 aromatic heterocycles. The molecule has 3 rings (SSSR count). The van der Waals surface area contributed by atoms with Gasteiger partial charge in [0.25, 0.3) is 0 Å². The van der Waals surface area contributed by atoms with Gasteiger partial charge in [-0.2, -0.15) is 0 Å². The summed E-state index contributed by atoms with van der Waals surface area (Å²) in [7, 11) is 0. The first-order chi connectivity index (χ1) is 47.3. The van der Waals surface area contributed by atoms with Gasteiger partial charge >= 0.3 is 0 Å². The topological polar surface area (TPSA) is 307 Å². The molecule has 0 aliphatic carbocycles. The third-order valence-electron chi connectivity index (χ3n) is 17.7. The lowest BCUT2D eigenvalue weighted by Gasteiger charge is -2.48. The van der Waals surface area contributed by atoms with Gasteiger partial charge in [-0.05, 0) is 103 Å². The number of hydrogen-bond acceptors (Lipinski definition) is 18. The van der Waals surface area contributed by atoms with Crippen LogP contribution >= 0.6 is 0 Å². The first kappa shape index (κ1) is 87.4. The number of carbonyl (C=O) groups excluding carboxylic acids is 1. The number of unbranched alkanes of at least 4 members (excludes halogenated alkanes) is 22. The average Bonchev–Trinajstić information content (AvgIpc) is 0.798. The lowest BCUT2D eigenvalue weighted by atomic mass is 9.96. The molecule has 1 amide bonds. The van der Waals surface area contributed by atoms with E-state index in [9.17, 15) is 61.0 Å². The van der Waals surface area contributed by atoms with Crippen LogP contribution in [0.2, 0.25) is 0 Å². The third kappa shape index (κ3) is 38.7. The normalized spacial score (nSPS) is 27.6. The van der Waals surface area contributed by atoms with Crippen molar-refractivity contribution in [2.75, 3.05) is 26.4 Å². The highest BCUT2D eigenvalue weighted by atomic mass is 16.8. The number of amides is 1. The van der Waals surface area contributed by atoms with E-state index >= 15 is 0 Å². The van der Waals surface area contributed by atoms with Crippen molar-refractivity contribution in [1.82, 2.24) is 5.32 Å². The molecule has 19 nitrogen and oxygen atoms in total. The van der Waals surface area contributed by atoms with E-state index in [1.165, 1.54) is 96.3 Å². The molecular weight excluding hydrogens is 1240 g/mol. The lowest BCUT2D eigenvalue weighted by molar-refractivity contribution is -0.379. The zero-order valence-electron chi connectivity index (χ0n) is 59.0. The minimum absolute atomic E-state index is 0.217. The molecule has 3 saturated heterocycles. The number of hydrogen-bond donors (Lipinski definition) is 12. The van der Waals surface area contributed by atoms with Crippen molar-refractivity contribution in [3.8, 4) is 0 Å². The van der Waals surface area contributed by atoms with Gasteiger partial charge < -0.3 is 89.9 Å². The SMILES string of the molecule is CC/C=C\C/C=C\C/C=C\C/C=C\C/C=C\C/C=C\C/C=C\CCCCCCCCCCCC(=O)NC(COC1OC(CO)C(OC2OC(CO)C(OC3OC(CO)C(O)C(O)C3O)C(O)C2O)C(O)C1O)C(O)/C=C/CC/C=C/CC/C=C/CCCCCCCCCCCCC. The first-order valence-corrected chi connectivity index (χ1v) is 37.3. The summed E-state index contributed by atoms with van der Waals surface area (Å²) < 4.78 is 34.4. The van der Waals surface area contributed by atoms with Gasteiger partial charge in [0.2, 0.25) is 5.91 Å². The maximum atomic E-state index is 13.4. The largest absolute Gasteiger partial charge is 0.394 e. The van der Waals surface area contributed by atoms with Gasteiger partial charge in [-0.3, -0.25) is 4.79 Å². The molecule has 556 valence electrons. The van der Waals surface area contributed by atoms with E-state index in [2.05, 4.69) is 129 Å². The Labute approximate surface area is 582 Å². The summed E-state index contributed by atoms with van der Waals surface area (Å²) in [4.78, 5) is 13.4. The van der Waals surface area contributed by atoms with Gasteiger partial charge in [-0.15, -0.1) is 0 Å². The monoisotopic (exact) mass is 1370 g/mol. The second kappa shape index (κ2) is 57.8. The summed E-state index contributed by atoms with van der Waals surface area (Å²) in [5, 5.41) is 121. The third-order valence-corrected chi connectivity index (χ3v) is 17.7. The van der Waals surface area contributed by atoms with Crippen molar-refractivity contribution in [3.05, 3.63) is 122 Å². The molecule has 0 radical (unpaired) electrons. The fraction of sp³-hybridized carbons (Fsp3) is 0.731. The first-order valence-electron chi connectivity index (χ1n) is 37.3. The van der Waals surface area contributed by atoms with Crippen LogP contribution in [0.15, 0.2) is 122 Å². The number of carbonyl (C=O) groups is 1. The average molecular weight is 1370 g/mol. The van der Waals surface area contributed by atoms with Crippen molar-refractivity contribution in [1.29, 1.82) is 0 Å². The maximum absolute atomic E-state index is 13.4. The van der Waals surface area contributed by atoms with Gasteiger partial charge in [0.05, 0.1) is 38.6 Å². The predicted octanol–water partition coefficient (Wildman–Crippen LogP) is 11.2. The molecule has 12 N–H and O–H groups in total. The second-order valence-corrected chi connectivity index (χ2v) is 26.0. The number of aliphatic hydroxyl groups excluding tert-OH is 11. The molecule has 97 heavy (non-hydrogen) atoms. The number of nitrogens with one attached hydrogen (secondary N) is 1. The molecule has 0 bridgehead atoms. The Bertz CT molecular complexity index is 2230. The van der Waals surface area contributed by atoms with Gasteiger partial charge in [0, 0.05) is 6.42 Å². The zero-order valence-corrected chi connectivity index (χ0v) is 59.0. The molecule has 19 heteroatoms. The Morgan fingerprint density at radius 1 is 0.381 bits per heavy atom. The van der Waals surface area contributed by atoms with Gasteiger partial charge in [-0.1, -0.05) is 245 Å². The molecule has 0 aromatic carbocycles. The minimum Gasteiger partial charge on any atom is -0.394 e. The lowest BCUT2D eigenvalue weighted by Crippen LogP contribution is -2.66. The smallest absolute Gasteiger partial charge is 0.220 e. The van der Waals surface area contributed by atoms with E-state index in [1.54, 1.807) is 6.08 Å². The standard InChI is InChI=1S/C78H131NO18/c1-3-5-7-9-11-13-15-17-19-21-23-25-26-27-28-29-30-31-32-33-34-36-38-40-42-44-46-48-50-52-54-56-66(84)79-61(62(83)55-53-51-49-47-45-43-41-39-37-35-24-22-20-18-16-14-12-10-8-6-4-2)60-92-76-72(90)69(87)74(64(58-81)94-76)97-78-73(91)70(88)75(65(59-82)95-78)96-77-71(89)68(86)67(85)63(57-80)93-77/h5,7,11,13,17,19,23,25,27-28,30-31,33-34,37,39,45,47,53,55,61-65,67-78,80-83,85-91H,3-4,6,8-10,12,14-16,18,20-22,24,26,29,32,35-36,38,40-44,46,48-52,54,56-60H2,1-2H3,(H,79,84)/b7-5-,13-11-,19-17-,25-23-,28-27-,31-30-,34-33-,39-37+,47-45+,55-53+. The zero-order chi connectivity index (χ0) is 70.4. The maximum Gasteiger partial charge on any atom is 0.220 e. The van der Waals surface area contributed by atoms with E-state index in [4.69, 9.17) is 28.4 Å². The Kier molecular flexibility index (Phi) is 52.1. The molecule has 3 aliphatic rings. The summed E-state index contributed by atoms with van der Waals surface area (Å²) in [6.07, 6.45) is 53.1. The Balaban J connectivity index is 1.42. The Morgan fingerprint density at radius 3 is 1.15 bits per heavy atom. The molecule has 3 fully saturated rings. The van der Waals surface area contributed by atoms with Crippen LogP contribution in [0.4, 0.5) is 0 Å². The molecule has 17 unspecified atom stereocenters. The van der Waals surface area contributed by atoms with Crippen LogP contribution in [0.5, 0.6) is 0 Å². The molecule has 0 aromatic rings. The van der Waals surface area contributed by atoms with Crippen molar-refractivity contribution in [3.63, 3.8) is 0 Å². The summed E-state index contributed by atoms with van der Waals surface area (Å²) in [6.45, 7) is 1.58. The van der Waals surface area contributed by atoms with E-state index in [0.717, 1.165) is 103 Å². The van der Waals surface area contributed by atoms with Crippen LogP contribution in [0, 0.1) is 0 Å². The molecular formula is C78H131NO18. The van der Waals surface area contributed by atoms with E-state index < -0.39 is 124 Å². The van der Waals surface area contributed by atoms with Crippen molar-refractivity contribution in [2.45, 2.75) is 336 Å². The fourth-order valence-electron chi connectivity index (χ4n) is 11.7. The van der Waals surface area contributed by atoms with Crippen molar-refractivity contribution < 1.29 is 89.4 Å². The molecule has 3 aliphatic heterocycles. The summed E-state index contributed by atoms with van der Waals surface area (Å²) in [6, 6.07) is -1.01. The van der Waals surface area contributed by atoms with Crippen LogP contribution in [0.1, 0.15) is 232 Å². The highest BCUT2D eigenvalue weighted by Crippen LogP contribution is 2.33. The van der Waals surface area contributed by atoms with Gasteiger partial charge in [0.15, 0.2) is 18.9 Å². The highest BCUT2D eigenvalue weighted by molar-refractivity contribution is 5.76. The summed E-state index contributed by atoms with van der Waals surface area (Å²) >= 11 is 0. The molecule has 17 atom stereocenters. The van der Waals surface area contributed by atoms with E-state index in [-0.39, 0.29) is 18.9 Å². The second-order valence-electron chi connectivity index (χ2n) is 26.0.